The van der Waals surface area contributed by atoms with Crippen molar-refractivity contribution in [2.24, 2.45) is 5.92 Å². The molecule has 0 saturated carbocycles. The third-order valence-corrected chi connectivity index (χ3v) is 2.54. The van der Waals surface area contributed by atoms with E-state index in [1.54, 1.807) is 0 Å². The summed E-state index contributed by atoms with van der Waals surface area (Å²) in [5.41, 5.74) is 1.26. The standard InChI is InChI=1S/C12H20N2/c1-4-12(10(2)3)14-9-11-6-5-7-13-8-11/h5-8,10,12,14H,4,9H2,1-3H3. The van der Waals surface area contributed by atoms with Crippen molar-refractivity contribution in [3.63, 3.8) is 0 Å². The van der Waals surface area contributed by atoms with E-state index < -0.39 is 0 Å². The van der Waals surface area contributed by atoms with Crippen LogP contribution in [0.15, 0.2) is 24.5 Å². The van der Waals surface area contributed by atoms with Crippen LogP contribution in [-0.4, -0.2) is 11.0 Å². The zero-order chi connectivity index (χ0) is 10.4. The first-order valence-corrected chi connectivity index (χ1v) is 5.36. The highest BCUT2D eigenvalue weighted by atomic mass is 14.9. The zero-order valence-electron chi connectivity index (χ0n) is 9.33. The Labute approximate surface area is 86.8 Å². The highest BCUT2D eigenvalue weighted by molar-refractivity contribution is 5.07. The van der Waals surface area contributed by atoms with Crippen LogP contribution in [0.5, 0.6) is 0 Å². The molecule has 1 N–H and O–H groups in total. The maximum absolute atomic E-state index is 4.09. The van der Waals surface area contributed by atoms with E-state index in [4.69, 9.17) is 0 Å². The lowest BCUT2D eigenvalue weighted by Crippen LogP contribution is -2.32. The van der Waals surface area contributed by atoms with Gasteiger partial charge in [-0.05, 0) is 24.0 Å². The molecule has 0 aliphatic carbocycles. The summed E-state index contributed by atoms with van der Waals surface area (Å²) in [6.45, 7) is 7.65. The van der Waals surface area contributed by atoms with E-state index in [0.717, 1.165) is 6.54 Å². The molecule has 0 spiro atoms. The van der Waals surface area contributed by atoms with Crippen LogP contribution in [0.3, 0.4) is 0 Å². The van der Waals surface area contributed by atoms with Gasteiger partial charge in [0.15, 0.2) is 0 Å². The molecule has 1 heterocycles. The molecule has 0 bridgehead atoms. The lowest BCUT2D eigenvalue weighted by Gasteiger charge is -2.20. The molecule has 1 atom stereocenters. The van der Waals surface area contributed by atoms with Gasteiger partial charge in [-0.15, -0.1) is 0 Å². The molecule has 0 radical (unpaired) electrons. The fourth-order valence-corrected chi connectivity index (χ4v) is 1.60. The van der Waals surface area contributed by atoms with Crippen LogP contribution in [0, 0.1) is 5.92 Å². The van der Waals surface area contributed by atoms with Gasteiger partial charge in [0.25, 0.3) is 0 Å². The molecule has 0 aromatic carbocycles. The minimum atomic E-state index is 0.607. The first-order valence-electron chi connectivity index (χ1n) is 5.36. The van der Waals surface area contributed by atoms with Crippen LogP contribution in [0.25, 0.3) is 0 Å². The number of pyridine rings is 1. The van der Waals surface area contributed by atoms with Gasteiger partial charge in [0.1, 0.15) is 0 Å². The van der Waals surface area contributed by atoms with Gasteiger partial charge in [0.2, 0.25) is 0 Å². The topological polar surface area (TPSA) is 24.9 Å². The van der Waals surface area contributed by atoms with Gasteiger partial charge in [-0.2, -0.15) is 0 Å². The Bertz CT molecular complexity index is 244. The van der Waals surface area contributed by atoms with E-state index in [1.807, 2.05) is 18.5 Å². The molecule has 0 saturated heterocycles. The van der Waals surface area contributed by atoms with Gasteiger partial charge in [-0.3, -0.25) is 4.98 Å². The second kappa shape index (κ2) is 5.76. The van der Waals surface area contributed by atoms with Crippen LogP contribution in [0.1, 0.15) is 32.8 Å². The van der Waals surface area contributed by atoms with E-state index in [2.05, 4.69) is 37.1 Å². The van der Waals surface area contributed by atoms with Gasteiger partial charge in [-0.1, -0.05) is 26.8 Å². The Morgan fingerprint density at radius 1 is 1.43 bits per heavy atom. The molecule has 1 rings (SSSR count). The van der Waals surface area contributed by atoms with E-state index in [0.29, 0.717) is 12.0 Å². The highest BCUT2D eigenvalue weighted by Gasteiger charge is 2.09. The minimum Gasteiger partial charge on any atom is -0.310 e. The van der Waals surface area contributed by atoms with Gasteiger partial charge in [-0.25, -0.2) is 0 Å². The average Bonchev–Trinajstić information content (AvgIpc) is 2.20. The van der Waals surface area contributed by atoms with Crippen molar-refractivity contribution >= 4 is 0 Å². The summed E-state index contributed by atoms with van der Waals surface area (Å²) in [6, 6.07) is 4.69. The van der Waals surface area contributed by atoms with Crippen LogP contribution < -0.4 is 5.32 Å². The monoisotopic (exact) mass is 192 g/mol. The lowest BCUT2D eigenvalue weighted by atomic mass is 10.0. The molecular formula is C12H20N2. The fraction of sp³-hybridized carbons (Fsp3) is 0.583. The molecule has 0 aliphatic rings. The van der Waals surface area contributed by atoms with E-state index in [-0.39, 0.29) is 0 Å². The van der Waals surface area contributed by atoms with Crippen molar-refractivity contribution in [3.05, 3.63) is 30.1 Å². The normalized spacial score (nSPS) is 13.1. The Balaban J connectivity index is 2.40. The van der Waals surface area contributed by atoms with E-state index >= 15 is 0 Å². The number of aromatic nitrogens is 1. The summed E-state index contributed by atoms with van der Waals surface area (Å²) in [6.07, 6.45) is 4.90. The van der Waals surface area contributed by atoms with Gasteiger partial charge >= 0.3 is 0 Å². The van der Waals surface area contributed by atoms with E-state index in [9.17, 15) is 0 Å². The third kappa shape index (κ3) is 3.46. The van der Waals surface area contributed by atoms with Crippen molar-refractivity contribution in [3.8, 4) is 0 Å². The van der Waals surface area contributed by atoms with Crippen molar-refractivity contribution in [2.75, 3.05) is 0 Å². The van der Waals surface area contributed by atoms with Crippen molar-refractivity contribution in [1.82, 2.24) is 10.3 Å². The average molecular weight is 192 g/mol. The quantitative estimate of drug-likeness (QED) is 0.775. The summed E-state index contributed by atoms with van der Waals surface area (Å²) in [5, 5.41) is 3.55. The summed E-state index contributed by atoms with van der Waals surface area (Å²) in [7, 11) is 0. The second-order valence-electron chi connectivity index (χ2n) is 4.00. The van der Waals surface area contributed by atoms with Crippen LogP contribution in [-0.2, 0) is 6.54 Å². The highest BCUT2D eigenvalue weighted by Crippen LogP contribution is 2.06. The Kier molecular flexibility index (Phi) is 4.60. The fourth-order valence-electron chi connectivity index (χ4n) is 1.60. The van der Waals surface area contributed by atoms with Gasteiger partial charge < -0.3 is 5.32 Å². The van der Waals surface area contributed by atoms with Crippen LogP contribution in [0.2, 0.25) is 0 Å². The molecule has 78 valence electrons. The summed E-state index contributed by atoms with van der Waals surface area (Å²) in [5.74, 6) is 0.691. The molecule has 14 heavy (non-hydrogen) atoms. The molecule has 2 nitrogen and oxygen atoms in total. The molecule has 1 unspecified atom stereocenters. The van der Waals surface area contributed by atoms with Crippen LogP contribution in [0.4, 0.5) is 0 Å². The molecule has 0 aliphatic heterocycles. The molecule has 2 heteroatoms. The van der Waals surface area contributed by atoms with Crippen molar-refractivity contribution < 1.29 is 0 Å². The molecule has 0 amide bonds. The first-order chi connectivity index (χ1) is 6.74. The van der Waals surface area contributed by atoms with Crippen LogP contribution >= 0.6 is 0 Å². The third-order valence-electron chi connectivity index (χ3n) is 2.54. The second-order valence-corrected chi connectivity index (χ2v) is 4.00. The number of hydrogen-bond donors (Lipinski definition) is 1. The maximum Gasteiger partial charge on any atom is 0.0312 e. The largest absolute Gasteiger partial charge is 0.310 e. The van der Waals surface area contributed by atoms with Crippen molar-refractivity contribution in [2.45, 2.75) is 39.8 Å². The maximum atomic E-state index is 4.09. The predicted octanol–water partition coefficient (Wildman–Crippen LogP) is 2.61. The Hall–Kier alpha value is -0.890. The minimum absolute atomic E-state index is 0.607. The SMILES string of the molecule is CCC(NCc1cccnc1)C(C)C. The Morgan fingerprint density at radius 2 is 2.21 bits per heavy atom. The lowest BCUT2D eigenvalue weighted by molar-refractivity contribution is 0.387. The molecule has 0 fully saturated rings. The summed E-state index contributed by atoms with van der Waals surface area (Å²) >= 11 is 0. The smallest absolute Gasteiger partial charge is 0.0312 e. The Morgan fingerprint density at radius 3 is 2.71 bits per heavy atom. The number of nitrogens with one attached hydrogen (secondary N) is 1. The molecule has 1 aromatic rings. The number of nitrogens with zero attached hydrogens (tertiary/aromatic N) is 1. The van der Waals surface area contributed by atoms with Gasteiger partial charge in [0.05, 0.1) is 0 Å². The zero-order valence-corrected chi connectivity index (χ0v) is 9.33. The summed E-state index contributed by atoms with van der Waals surface area (Å²) in [4.78, 5) is 4.09. The molecule has 1 aromatic heterocycles. The predicted molar refractivity (Wildman–Crippen MR) is 60.0 cm³/mol. The molecular weight excluding hydrogens is 172 g/mol. The van der Waals surface area contributed by atoms with Crippen molar-refractivity contribution in [1.29, 1.82) is 0 Å². The number of hydrogen-bond acceptors (Lipinski definition) is 2. The summed E-state index contributed by atoms with van der Waals surface area (Å²) < 4.78 is 0. The number of rotatable bonds is 5. The van der Waals surface area contributed by atoms with E-state index in [1.165, 1.54) is 12.0 Å². The van der Waals surface area contributed by atoms with Gasteiger partial charge in [0, 0.05) is 25.0 Å². The first kappa shape index (κ1) is 11.2.